The molecule has 0 aliphatic rings. The van der Waals surface area contributed by atoms with Crippen molar-refractivity contribution in [2.75, 3.05) is 0 Å². The molecule has 0 aliphatic heterocycles. The van der Waals surface area contributed by atoms with Crippen LogP contribution in [0.15, 0.2) is 12.5 Å². The van der Waals surface area contributed by atoms with Crippen LogP contribution in [0.5, 0.6) is 0 Å². The molecule has 0 atom stereocenters. The van der Waals surface area contributed by atoms with Crippen LogP contribution >= 0.6 is 11.6 Å². The lowest BCUT2D eigenvalue weighted by atomic mass is 10.2. The van der Waals surface area contributed by atoms with Crippen LogP contribution in [0.25, 0.3) is 11.4 Å². The van der Waals surface area contributed by atoms with Gasteiger partial charge in [0.25, 0.3) is 0 Å². The first-order chi connectivity index (χ1) is 8.27. The second kappa shape index (κ2) is 5.01. The Hall–Kier alpha value is -1.82. The largest absolute Gasteiger partial charge is 0.298 e. The van der Waals surface area contributed by atoms with E-state index in [0.717, 1.165) is 6.42 Å². The minimum Gasteiger partial charge on any atom is -0.298 e. The van der Waals surface area contributed by atoms with Crippen LogP contribution < -0.4 is 0 Å². The molecule has 6 nitrogen and oxygen atoms in total. The lowest BCUT2D eigenvalue weighted by Crippen LogP contribution is -2.05. The third-order valence-electron chi connectivity index (χ3n) is 2.25. The molecule has 0 radical (unpaired) electrons. The second-order valence-electron chi connectivity index (χ2n) is 3.39. The molecule has 0 amide bonds. The molecule has 2 heterocycles. The first kappa shape index (κ1) is 11.7. The van der Waals surface area contributed by atoms with Crippen molar-refractivity contribution >= 4 is 17.9 Å². The Morgan fingerprint density at radius 1 is 1.47 bits per heavy atom. The number of halogens is 1. The average Bonchev–Trinajstić information content (AvgIpc) is 2.77. The number of rotatable bonds is 4. The highest BCUT2D eigenvalue weighted by atomic mass is 35.5. The van der Waals surface area contributed by atoms with Gasteiger partial charge in [-0.25, -0.2) is 14.6 Å². The third kappa shape index (κ3) is 2.16. The lowest BCUT2D eigenvalue weighted by molar-refractivity contribution is 0.112. The van der Waals surface area contributed by atoms with E-state index >= 15 is 0 Å². The number of aryl methyl sites for hydroxylation is 1. The summed E-state index contributed by atoms with van der Waals surface area (Å²) in [6, 6.07) is 0. The minimum atomic E-state index is 0.134. The van der Waals surface area contributed by atoms with E-state index in [9.17, 15) is 4.79 Å². The van der Waals surface area contributed by atoms with Gasteiger partial charge in [-0.3, -0.25) is 4.79 Å². The molecule has 0 N–H and O–H groups in total. The first-order valence-corrected chi connectivity index (χ1v) is 5.50. The van der Waals surface area contributed by atoms with Crippen LogP contribution in [0.4, 0.5) is 0 Å². The molecule has 0 aliphatic carbocycles. The Kier molecular flexibility index (Phi) is 3.43. The minimum absolute atomic E-state index is 0.134. The fourth-order valence-corrected chi connectivity index (χ4v) is 1.68. The summed E-state index contributed by atoms with van der Waals surface area (Å²) in [5, 5.41) is 7.88. The van der Waals surface area contributed by atoms with Gasteiger partial charge in [0.2, 0.25) is 0 Å². The van der Waals surface area contributed by atoms with E-state index < -0.39 is 0 Å². The first-order valence-electron chi connectivity index (χ1n) is 5.12. The van der Waals surface area contributed by atoms with E-state index in [4.69, 9.17) is 11.6 Å². The lowest BCUT2D eigenvalue weighted by Gasteiger charge is -2.06. The molecule has 2 aromatic heterocycles. The van der Waals surface area contributed by atoms with E-state index in [1.54, 1.807) is 10.9 Å². The van der Waals surface area contributed by atoms with Crippen LogP contribution in [0.2, 0.25) is 5.15 Å². The molecule has 7 heteroatoms. The van der Waals surface area contributed by atoms with Crippen molar-refractivity contribution in [2.45, 2.75) is 19.9 Å². The number of carbonyl (C=O) groups excluding carboxylic acids is 1. The normalized spacial score (nSPS) is 10.5. The van der Waals surface area contributed by atoms with Crippen LogP contribution in [0, 0.1) is 0 Å². The third-order valence-corrected chi connectivity index (χ3v) is 2.55. The van der Waals surface area contributed by atoms with Gasteiger partial charge >= 0.3 is 0 Å². The van der Waals surface area contributed by atoms with Gasteiger partial charge < -0.3 is 0 Å². The molecule has 0 unspecified atom stereocenters. The Morgan fingerprint density at radius 2 is 2.29 bits per heavy atom. The van der Waals surface area contributed by atoms with Gasteiger partial charge in [-0.05, 0) is 6.42 Å². The van der Waals surface area contributed by atoms with Crippen LogP contribution in [-0.4, -0.2) is 31.2 Å². The van der Waals surface area contributed by atoms with Gasteiger partial charge in [-0.1, -0.05) is 23.7 Å². The molecule has 2 aromatic rings. The Bertz CT molecular complexity index is 539. The monoisotopic (exact) mass is 251 g/mol. The zero-order valence-corrected chi connectivity index (χ0v) is 9.92. The highest BCUT2D eigenvalue weighted by molar-refractivity contribution is 6.32. The van der Waals surface area contributed by atoms with Crippen molar-refractivity contribution < 1.29 is 4.79 Å². The fraction of sp³-hybridized carbons (Fsp3) is 0.300. The summed E-state index contributed by atoms with van der Waals surface area (Å²) in [4.78, 5) is 18.8. The van der Waals surface area contributed by atoms with Gasteiger partial charge in [-0.15, -0.1) is 5.10 Å². The molecule has 0 saturated carbocycles. The summed E-state index contributed by atoms with van der Waals surface area (Å²) in [5.74, 6) is 0. The number of aldehydes is 1. The topological polar surface area (TPSA) is 73.6 Å². The predicted molar refractivity (Wildman–Crippen MR) is 61.7 cm³/mol. The molecule has 0 aromatic carbocycles. The van der Waals surface area contributed by atoms with E-state index in [1.807, 2.05) is 6.92 Å². The molecule has 2 rings (SSSR count). The zero-order valence-electron chi connectivity index (χ0n) is 9.17. The average molecular weight is 252 g/mol. The van der Waals surface area contributed by atoms with Crippen molar-refractivity contribution in [3.8, 4) is 11.4 Å². The van der Waals surface area contributed by atoms with Crippen molar-refractivity contribution in [3.05, 3.63) is 23.2 Å². The summed E-state index contributed by atoms with van der Waals surface area (Å²) < 4.78 is 1.69. The molecule has 0 spiro atoms. The maximum absolute atomic E-state index is 11.0. The van der Waals surface area contributed by atoms with Crippen molar-refractivity contribution in [2.24, 2.45) is 0 Å². The van der Waals surface area contributed by atoms with E-state index in [0.29, 0.717) is 24.2 Å². The highest BCUT2D eigenvalue weighted by Gasteiger charge is 2.15. The Morgan fingerprint density at radius 3 is 3.00 bits per heavy atom. The fourth-order valence-electron chi connectivity index (χ4n) is 1.50. The van der Waals surface area contributed by atoms with Crippen LogP contribution in [0.3, 0.4) is 0 Å². The Balaban J connectivity index is 2.56. The van der Waals surface area contributed by atoms with Crippen molar-refractivity contribution in [3.63, 3.8) is 0 Å². The number of nitrogens with zero attached hydrogens (tertiary/aromatic N) is 5. The quantitative estimate of drug-likeness (QED) is 0.610. The second-order valence-corrected chi connectivity index (χ2v) is 3.75. The summed E-state index contributed by atoms with van der Waals surface area (Å²) >= 11 is 5.84. The number of carbonyl (C=O) groups is 1. The van der Waals surface area contributed by atoms with Crippen molar-refractivity contribution in [1.29, 1.82) is 0 Å². The van der Waals surface area contributed by atoms with Gasteiger partial charge in [0.1, 0.15) is 22.9 Å². The molecular weight excluding hydrogens is 242 g/mol. The van der Waals surface area contributed by atoms with E-state index in [-0.39, 0.29) is 10.7 Å². The molecule has 0 bridgehead atoms. The molecule has 17 heavy (non-hydrogen) atoms. The predicted octanol–water partition coefficient (Wildman–Crippen LogP) is 1.61. The number of hydrogen-bond donors (Lipinski definition) is 0. The standard InChI is InChI=1S/C10H10ClN5O/c1-2-3-16-8(4-14-15-16)9-7(5-17)10(11)13-6-12-9/h4-6H,2-3H2,1H3. The molecule has 88 valence electrons. The SMILES string of the molecule is CCCn1nncc1-c1ncnc(Cl)c1C=O. The maximum Gasteiger partial charge on any atom is 0.155 e. The van der Waals surface area contributed by atoms with Gasteiger partial charge in [-0.2, -0.15) is 0 Å². The van der Waals surface area contributed by atoms with E-state index in [1.165, 1.54) is 6.33 Å². The van der Waals surface area contributed by atoms with Crippen molar-refractivity contribution in [1.82, 2.24) is 25.0 Å². The van der Waals surface area contributed by atoms with Crippen LogP contribution in [0.1, 0.15) is 23.7 Å². The van der Waals surface area contributed by atoms with Gasteiger partial charge in [0.15, 0.2) is 6.29 Å². The van der Waals surface area contributed by atoms with Gasteiger partial charge in [0.05, 0.1) is 11.8 Å². The molecular formula is C10H10ClN5O. The van der Waals surface area contributed by atoms with Crippen LogP contribution in [-0.2, 0) is 6.54 Å². The van der Waals surface area contributed by atoms with Gasteiger partial charge in [0, 0.05) is 6.54 Å². The maximum atomic E-state index is 11.0. The summed E-state index contributed by atoms with van der Waals surface area (Å²) in [6.07, 6.45) is 4.42. The number of hydrogen-bond acceptors (Lipinski definition) is 5. The highest BCUT2D eigenvalue weighted by Crippen LogP contribution is 2.23. The smallest absolute Gasteiger partial charge is 0.155 e. The number of aromatic nitrogens is 5. The molecule has 0 saturated heterocycles. The van der Waals surface area contributed by atoms with E-state index in [2.05, 4.69) is 20.3 Å². The summed E-state index contributed by atoms with van der Waals surface area (Å²) in [7, 11) is 0. The summed E-state index contributed by atoms with van der Waals surface area (Å²) in [6.45, 7) is 2.73. The Labute approximate surface area is 103 Å². The molecule has 0 fully saturated rings. The zero-order chi connectivity index (χ0) is 12.3. The summed E-state index contributed by atoms with van der Waals surface area (Å²) in [5.41, 5.74) is 1.38.